The Labute approximate surface area is 186 Å². The molecule has 8 nitrogen and oxygen atoms in total. The summed E-state index contributed by atoms with van der Waals surface area (Å²) in [6.45, 7) is 9.80. The number of nitrogens with one attached hydrogen (secondary N) is 1. The van der Waals surface area contributed by atoms with Gasteiger partial charge in [0.25, 0.3) is 0 Å². The number of thioether (sulfide) groups is 1. The molecule has 3 aliphatic rings. The molecule has 8 atom stereocenters. The standard InChI is InChI=1S/C20H36N2O6S2/c1-20(2,3)30(26)21-14-6-4-5-13(11-22-7-9-27-10-8-22)12-29-19-17(25)15(23)16(24)18(14)28-19/h4-5,13-19,21,23-25H,6-12H2,1-3H3/b5-4+/t13?,14-,15+,16-,17-,18-,19-,30?/m1/s1. The van der Waals surface area contributed by atoms with E-state index in [2.05, 4.69) is 21.8 Å². The van der Waals surface area contributed by atoms with E-state index in [1.54, 1.807) is 0 Å². The number of hydrogen-bond donors (Lipinski definition) is 4. The van der Waals surface area contributed by atoms with Gasteiger partial charge in [-0.1, -0.05) is 12.2 Å². The molecule has 2 saturated heterocycles. The van der Waals surface area contributed by atoms with Crippen molar-refractivity contribution in [2.75, 3.05) is 38.6 Å². The summed E-state index contributed by atoms with van der Waals surface area (Å²) in [5, 5.41) is 31.5. The molecule has 30 heavy (non-hydrogen) atoms. The van der Waals surface area contributed by atoms with E-state index in [9.17, 15) is 19.9 Å². The van der Waals surface area contributed by atoms with E-state index in [1.165, 1.54) is 11.8 Å². The highest BCUT2D eigenvalue weighted by Crippen LogP contribution is 2.33. The van der Waals surface area contributed by atoms with Gasteiger partial charge in [0.1, 0.15) is 34.6 Å². The Morgan fingerprint density at radius 1 is 1.17 bits per heavy atom. The number of ether oxygens (including phenoxy) is 2. The van der Waals surface area contributed by atoms with E-state index >= 15 is 0 Å². The molecule has 0 aromatic rings. The summed E-state index contributed by atoms with van der Waals surface area (Å²) < 4.78 is 26.8. The Morgan fingerprint density at radius 3 is 2.53 bits per heavy atom. The Morgan fingerprint density at radius 2 is 1.87 bits per heavy atom. The van der Waals surface area contributed by atoms with Crippen molar-refractivity contribution < 1.29 is 29.3 Å². The van der Waals surface area contributed by atoms with Crippen molar-refractivity contribution in [1.29, 1.82) is 0 Å². The molecule has 0 amide bonds. The summed E-state index contributed by atoms with van der Waals surface area (Å²) in [6.07, 6.45) is 0.210. The maximum atomic E-state index is 12.7. The fourth-order valence-electron chi connectivity index (χ4n) is 3.83. The van der Waals surface area contributed by atoms with Gasteiger partial charge in [0.15, 0.2) is 0 Å². The van der Waals surface area contributed by atoms with E-state index in [1.807, 2.05) is 20.8 Å². The van der Waals surface area contributed by atoms with Gasteiger partial charge >= 0.3 is 0 Å². The van der Waals surface area contributed by atoms with Crippen LogP contribution < -0.4 is 4.72 Å². The van der Waals surface area contributed by atoms with E-state index < -0.39 is 52.0 Å². The van der Waals surface area contributed by atoms with Crippen LogP contribution in [-0.4, -0.2) is 104 Å². The minimum Gasteiger partial charge on any atom is -0.598 e. The maximum Gasteiger partial charge on any atom is 0.136 e. The molecule has 0 spiro atoms. The van der Waals surface area contributed by atoms with Crippen molar-refractivity contribution in [2.24, 2.45) is 5.92 Å². The summed E-state index contributed by atoms with van der Waals surface area (Å²) >= 11 is 0.0908. The van der Waals surface area contributed by atoms with Crippen LogP contribution in [-0.2, 0) is 20.8 Å². The van der Waals surface area contributed by atoms with Crippen molar-refractivity contribution in [3.05, 3.63) is 12.2 Å². The number of aliphatic hydroxyl groups excluding tert-OH is 3. The smallest absolute Gasteiger partial charge is 0.136 e. The SMILES string of the molecule is CC(C)(C)[S+]([O-])N[C@@H]1C/C=C/C(CN2CCOCC2)CS[C@H]2O[C@H]1[C@H](O)[C@H](O)[C@H]2O. The molecule has 2 fully saturated rings. The molecule has 0 radical (unpaired) electrons. The second-order valence-corrected chi connectivity index (χ2v) is 12.3. The lowest BCUT2D eigenvalue weighted by Gasteiger charge is -2.44. The van der Waals surface area contributed by atoms with Crippen molar-refractivity contribution in [1.82, 2.24) is 9.62 Å². The second kappa shape index (κ2) is 10.8. The topological polar surface area (TPSA) is 117 Å². The summed E-state index contributed by atoms with van der Waals surface area (Å²) in [7, 11) is 0. The lowest BCUT2D eigenvalue weighted by atomic mass is 9.93. The molecule has 0 aliphatic carbocycles. The Bertz CT molecular complexity index is 572. The van der Waals surface area contributed by atoms with Gasteiger partial charge in [-0.25, -0.2) is 0 Å². The van der Waals surface area contributed by atoms with Gasteiger partial charge in [-0.15, -0.1) is 16.5 Å². The third-order valence-corrected chi connectivity index (χ3v) is 8.66. The van der Waals surface area contributed by atoms with Crippen LogP contribution in [0.15, 0.2) is 12.2 Å². The minimum atomic E-state index is -1.37. The first-order chi connectivity index (χ1) is 14.2. The van der Waals surface area contributed by atoms with Crippen molar-refractivity contribution >= 4 is 23.1 Å². The summed E-state index contributed by atoms with van der Waals surface area (Å²) in [5.74, 6) is 0.982. The number of hydrogen-bond acceptors (Lipinski definition) is 9. The van der Waals surface area contributed by atoms with Gasteiger partial charge in [0, 0.05) is 36.7 Å². The molecule has 174 valence electrons. The van der Waals surface area contributed by atoms with E-state index in [0.717, 1.165) is 38.6 Å². The molecule has 0 aromatic carbocycles. The normalized spacial score (nSPS) is 41.2. The van der Waals surface area contributed by atoms with Gasteiger partial charge in [-0.2, -0.15) is 0 Å². The average Bonchev–Trinajstić information content (AvgIpc) is 2.70. The zero-order valence-corrected chi connectivity index (χ0v) is 19.6. The Kier molecular flexibility index (Phi) is 8.93. The molecular weight excluding hydrogens is 428 g/mol. The predicted molar refractivity (Wildman–Crippen MR) is 118 cm³/mol. The van der Waals surface area contributed by atoms with E-state index in [0.29, 0.717) is 6.42 Å². The molecule has 3 heterocycles. The first kappa shape index (κ1) is 24.8. The van der Waals surface area contributed by atoms with Gasteiger partial charge in [-0.3, -0.25) is 4.90 Å². The van der Waals surface area contributed by atoms with Gasteiger partial charge in [-0.05, 0) is 33.1 Å². The predicted octanol–water partition coefficient (Wildman–Crippen LogP) is -0.144. The maximum absolute atomic E-state index is 12.7. The number of morpholine rings is 1. The van der Waals surface area contributed by atoms with Gasteiger partial charge in [0.2, 0.25) is 0 Å². The zero-order chi connectivity index (χ0) is 21.9. The van der Waals surface area contributed by atoms with E-state index in [-0.39, 0.29) is 5.92 Å². The van der Waals surface area contributed by atoms with Crippen molar-refractivity contribution in [3.8, 4) is 0 Å². The van der Waals surface area contributed by atoms with Crippen LogP contribution in [0.1, 0.15) is 27.2 Å². The molecular formula is C20H36N2O6S2. The Balaban J connectivity index is 1.77. The number of rotatable bonds is 4. The quantitative estimate of drug-likeness (QED) is 0.333. The monoisotopic (exact) mass is 464 g/mol. The lowest BCUT2D eigenvalue weighted by molar-refractivity contribution is -0.203. The summed E-state index contributed by atoms with van der Waals surface area (Å²) in [5.41, 5.74) is -0.653. The van der Waals surface area contributed by atoms with Crippen LogP contribution in [0.25, 0.3) is 0 Å². The summed E-state index contributed by atoms with van der Waals surface area (Å²) in [4.78, 5) is 2.37. The van der Waals surface area contributed by atoms with Crippen LogP contribution in [0.2, 0.25) is 0 Å². The first-order valence-corrected chi connectivity index (χ1v) is 12.8. The van der Waals surface area contributed by atoms with Crippen LogP contribution in [0.4, 0.5) is 0 Å². The third-order valence-electron chi connectivity index (χ3n) is 5.69. The van der Waals surface area contributed by atoms with E-state index in [4.69, 9.17) is 9.47 Å². The molecule has 10 heteroatoms. The summed E-state index contributed by atoms with van der Waals surface area (Å²) in [6, 6.07) is -0.455. The zero-order valence-electron chi connectivity index (χ0n) is 18.0. The molecule has 3 aliphatic heterocycles. The minimum absolute atomic E-state index is 0.248. The first-order valence-electron chi connectivity index (χ1n) is 10.6. The van der Waals surface area contributed by atoms with Crippen molar-refractivity contribution in [3.63, 3.8) is 0 Å². The number of fused-ring (bicyclic) bond motifs is 2. The van der Waals surface area contributed by atoms with Crippen LogP contribution >= 0.6 is 11.8 Å². The molecule has 3 rings (SSSR count). The van der Waals surface area contributed by atoms with Crippen LogP contribution in [0, 0.1) is 5.92 Å². The number of nitrogens with zero attached hydrogens (tertiary/aromatic N) is 1. The molecule has 4 N–H and O–H groups in total. The molecule has 0 saturated carbocycles. The Hall–Kier alpha value is 0.120. The number of aliphatic hydroxyl groups is 3. The highest BCUT2D eigenvalue weighted by Gasteiger charge is 2.48. The molecule has 2 unspecified atom stereocenters. The van der Waals surface area contributed by atoms with Crippen LogP contribution in [0.5, 0.6) is 0 Å². The molecule has 0 aromatic heterocycles. The third kappa shape index (κ3) is 6.34. The van der Waals surface area contributed by atoms with Gasteiger partial charge in [0.05, 0.1) is 19.3 Å². The molecule has 2 bridgehead atoms. The average molecular weight is 465 g/mol. The lowest BCUT2D eigenvalue weighted by Crippen LogP contribution is -2.63. The highest BCUT2D eigenvalue weighted by molar-refractivity contribution is 7.99. The fourth-order valence-corrected chi connectivity index (χ4v) is 5.91. The van der Waals surface area contributed by atoms with Crippen molar-refractivity contribution in [2.45, 2.75) is 67.8 Å². The highest BCUT2D eigenvalue weighted by atomic mass is 32.2. The van der Waals surface area contributed by atoms with Crippen LogP contribution in [0.3, 0.4) is 0 Å². The second-order valence-electron chi connectivity index (χ2n) is 9.22. The van der Waals surface area contributed by atoms with Gasteiger partial charge < -0.3 is 29.3 Å². The fraction of sp³-hybridized carbons (Fsp3) is 0.900. The largest absolute Gasteiger partial charge is 0.598 e.